The lowest BCUT2D eigenvalue weighted by atomic mass is 10.2. The van der Waals surface area contributed by atoms with Crippen molar-refractivity contribution in [2.24, 2.45) is 0 Å². The summed E-state index contributed by atoms with van der Waals surface area (Å²) in [4.78, 5) is 7.98. The summed E-state index contributed by atoms with van der Waals surface area (Å²) in [7, 11) is 0. The molecule has 0 saturated carbocycles. The second kappa shape index (κ2) is 4.00. The summed E-state index contributed by atoms with van der Waals surface area (Å²) in [5.41, 5.74) is 6.79. The van der Waals surface area contributed by atoms with E-state index < -0.39 is 0 Å². The summed E-state index contributed by atoms with van der Waals surface area (Å²) in [6, 6.07) is 1.72. The maximum absolute atomic E-state index is 5.62. The lowest BCUT2D eigenvalue weighted by Gasteiger charge is -2.07. The van der Waals surface area contributed by atoms with Crippen LogP contribution in [0.15, 0.2) is 29.3 Å². The van der Waals surface area contributed by atoms with Gasteiger partial charge in [0.1, 0.15) is 5.69 Å². The quantitative estimate of drug-likeness (QED) is 0.825. The van der Waals surface area contributed by atoms with Gasteiger partial charge in [0.15, 0.2) is 17.9 Å². The third kappa shape index (κ3) is 1.90. The summed E-state index contributed by atoms with van der Waals surface area (Å²) in [5.74, 6) is 1.17. The normalized spacial score (nSPS) is 10.2. The van der Waals surface area contributed by atoms with E-state index >= 15 is 0 Å². The Labute approximate surface area is 86.9 Å². The summed E-state index contributed by atoms with van der Waals surface area (Å²) in [5, 5.41) is 0. The van der Waals surface area contributed by atoms with Crippen molar-refractivity contribution in [3.63, 3.8) is 0 Å². The predicted molar refractivity (Wildman–Crippen MR) is 55.3 cm³/mol. The Bertz CT molecular complexity index is 440. The molecule has 0 aliphatic rings. The van der Waals surface area contributed by atoms with Crippen LogP contribution >= 0.6 is 0 Å². The van der Waals surface area contributed by atoms with Crippen molar-refractivity contribution >= 4 is 5.69 Å². The van der Waals surface area contributed by atoms with Crippen LogP contribution in [0.4, 0.5) is 5.69 Å². The van der Waals surface area contributed by atoms with Crippen molar-refractivity contribution in [1.82, 2.24) is 9.97 Å². The molecular weight excluding hydrogens is 194 g/mol. The zero-order chi connectivity index (χ0) is 10.7. The van der Waals surface area contributed by atoms with Crippen LogP contribution < -0.4 is 10.5 Å². The van der Waals surface area contributed by atoms with Crippen molar-refractivity contribution in [3.8, 4) is 17.2 Å². The highest BCUT2D eigenvalue weighted by Gasteiger charge is 2.11. The van der Waals surface area contributed by atoms with Gasteiger partial charge in [0.25, 0.3) is 0 Å². The molecule has 0 unspecified atom stereocenters. The Hall–Kier alpha value is -2.04. The molecule has 2 aromatic heterocycles. The summed E-state index contributed by atoms with van der Waals surface area (Å²) >= 11 is 0. The minimum absolute atomic E-state index is 0.548. The Morgan fingerprint density at radius 1 is 1.47 bits per heavy atom. The monoisotopic (exact) mass is 205 g/mol. The van der Waals surface area contributed by atoms with Crippen molar-refractivity contribution < 1.29 is 9.15 Å². The molecule has 78 valence electrons. The second-order valence-corrected chi connectivity index (χ2v) is 2.91. The van der Waals surface area contributed by atoms with Crippen LogP contribution in [0.5, 0.6) is 5.75 Å². The number of anilines is 1. The molecule has 5 heteroatoms. The number of nitrogen functional groups attached to an aromatic ring is 1. The molecule has 0 saturated heterocycles. The number of rotatable bonds is 3. The number of hydrogen-bond donors (Lipinski definition) is 1. The third-order valence-electron chi connectivity index (χ3n) is 1.84. The molecule has 2 heterocycles. The number of nitrogens with zero attached hydrogens (tertiary/aromatic N) is 2. The first kappa shape index (κ1) is 9.51. The molecule has 5 nitrogen and oxygen atoms in total. The van der Waals surface area contributed by atoms with Gasteiger partial charge >= 0.3 is 0 Å². The SMILES string of the molecule is CCOc1cc(N)cnc1-c1cnco1. The Morgan fingerprint density at radius 3 is 3.00 bits per heavy atom. The maximum atomic E-state index is 5.62. The summed E-state index contributed by atoms with van der Waals surface area (Å²) in [6.45, 7) is 2.44. The molecule has 2 aromatic rings. The largest absolute Gasteiger partial charge is 0.491 e. The summed E-state index contributed by atoms with van der Waals surface area (Å²) < 4.78 is 10.6. The van der Waals surface area contributed by atoms with E-state index in [9.17, 15) is 0 Å². The molecule has 2 N–H and O–H groups in total. The van der Waals surface area contributed by atoms with E-state index in [4.69, 9.17) is 14.9 Å². The van der Waals surface area contributed by atoms with Gasteiger partial charge in [-0.15, -0.1) is 0 Å². The van der Waals surface area contributed by atoms with E-state index in [-0.39, 0.29) is 0 Å². The minimum atomic E-state index is 0.548. The summed E-state index contributed by atoms with van der Waals surface area (Å²) in [6.07, 6.45) is 4.49. The molecule has 0 spiro atoms. The van der Waals surface area contributed by atoms with Crippen LogP contribution in [0.1, 0.15) is 6.92 Å². The standard InChI is InChI=1S/C10H11N3O2/c1-2-14-8-3-7(11)4-13-10(8)9-5-12-6-15-9/h3-6H,2,11H2,1H3. The first-order valence-corrected chi connectivity index (χ1v) is 4.58. The topological polar surface area (TPSA) is 74.2 Å². The highest BCUT2D eigenvalue weighted by molar-refractivity contribution is 5.63. The smallest absolute Gasteiger partial charge is 0.181 e. The Morgan fingerprint density at radius 2 is 2.33 bits per heavy atom. The number of nitrogens with two attached hydrogens (primary N) is 1. The van der Waals surface area contributed by atoms with Crippen molar-refractivity contribution in [3.05, 3.63) is 24.9 Å². The number of hydrogen-bond acceptors (Lipinski definition) is 5. The van der Waals surface area contributed by atoms with Crippen molar-refractivity contribution in [2.75, 3.05) is 12.3 Å². The first-order valence-electron chi connectivity index (χ1n) is 4.58. The number of pyridine rings is 1. The Kier molecular flexibility index (Phi) is 2.53. The van der Waals surface area contributed by atoms with Crippen LogP contribution in [0.25, 0.3) is 11.5 Å². The van der Waals surface area contributed by atoms with E-state index in [1.165, 1.54) is 6.39 Å². The fourth-order valence-electron chi connectivity index (χ4n) is 1.24. The number of aromatic nitrogens is 2. The molecule has 0 atom stereocenters. The average molecular weight is 205 g/mol. The van der Waals surface area contributed by atoms with Crippen molar-refractivity contribution in [1.29, 1.82) is 0 Å². The van der Waals surface area contributed by atoms with E-state index in [1.54, 1.807) is 18.5 Å². The van der Waals surface area contributed by atoms with E-state index in [0.717, 1.165) is 0 Å². The first-order chi connectivity index (χ1) is 7.31. The lowest BCUT2D eigenvalue weighted by molar-refractivity contribution is 0.339. The van der Waals surface area contributed by atoms with Crippen LogP contribution in [0.3, 0.4) is 0 Å². The molecule has 2 rings (SSSR count). The van der Waals surface area contributed by atoms with Gasteiger partial charge in [-0.3, -0.25) is 0 Å². The molecule has 0 bridgehead atoms. The van der Waals surface area contributed by atoms with Gasteiger partial charge in [-0.2, -0.15) is 0 Å². The molecule has 0 aromatic carbocycles. The number of oxazole rings is 1. The van der Waals surface area contributed by atoms with Gasteiger partial charge in [-0.25, -0.2) is 9.97 Å². The zero-order valence-electron chi connectivity index (χ0n) is 8.30. The highest BCUT2D eigenvalue weighted by Crippen LogP contribution is 2.28. The molecular formula is C10H11N3O2. The fourth-order valence-corrected chi connectivity index (χ4v) is 1.24. The van der Waals surface area contributed by atoms with Gasteiger partial charge in [-0.05, 0) is 6.92 Å². The van der Waals surface area contributed by atoms with E-state index in [0.29, 0.717) is 29.5 Å². The fraction of sp³-hybridized carbons (Fsp3) is 0.200. The molecule has 0 amide bonds. The third-order valence-corrected chi connectivity index (χ3v) is 1.84. The van der Waals surface area contributed by atoms with Crippen molar-refractivity contribution in [2.45, 2.75) is 6.92 Å². The van der Waals surface area contributed by atoms with Crippen LogP contribution in [0, 0.1) is 0 Å². The van der Waals surface area contributed by atoms with Gasteiger partial charge in [0.05, 0.1) is 24.7 Å². The molecule has 0 aliphatic heterocycles. The number of ether oxygens (including phenoxy) is 1. The van der Waals surface area contributed by atoms with E-state index in [2.05, 4.69) is 9.97 Å². The minimum Gasteiger partial charge on any atom is -0.491 e. The van der Waals surface area contributed by atoms with Gasteiger partial charge in [0.2, 0.25) is 0 Å². The van der Waals surface area contributed by atoms with Crippen LogP contribution in [-0.4, -0.2) is 16.6 Å². The average Bonchev–Trinajstić information content (AvgIpc) is 2.71. The molecule has 0 radical (unpaired) electrons. The van der Waals surface area contributed by atoms with E-state index in [1.807, 2.05) is 6.92 Å². The zero-order valence-corrected chi connectivity index (χ0v) is 8.30. The lowest BCUT2D eigenvalue weighted by Crippen LogP contribution is -1.97. The molecule has 15 heavy (non-hydrogen) atoms. The van der Waals surface area contributed by atoms with Gasteiger partial charge in [-0.1, -0.05) is 0 Å². The highest BCUT2D eigenvalue weighted by atomic mass is 16.5. The van der Waals surface area contributed by atoms with Gasteiger partial charge in [0, 0.05) is 6.07 Å². The predicted octanol–water partition coefficient (Wildman–Crippen LogP) is 1.72. The van der Waals surface area contributed by atoms with Gasteiger partial charge < -0.3 is 14.9 Å². The Balaban J connectivity index is 2.46. The van der Waals surface area contributed by atoms with Crippen LogP contribution in [0.2, 0.25) is 0 Å². The molecule has 0 fully saturated rings. The maximum Gasteiger partial charge on any atom is 0.181 e. The molecule has 0 aliphatic carbocycles. The second-order valence-electron chi connectivity index (χ2n) is 2.91. The van der Waals surface area contributed by atoms with Crippen LogP contribution in [-0.2, 0) is 0 Å².